The van der Waals surface area contributed by atoms with Crippen LogP contribution in [0.1, 0.15) is 52.8 Å². The quantitative estimate of drug-likeness (QED) is 0.129. The van der Waals surface area contributed by atoms with Gasteiger partial charge in [0, 0.05) is 37.6 Å². The van der Waals surface area contributed by atoms with Crippen LogP contribution in [0.5, 0.6) is 11.5 Å². The first-order chi connectivity index (χ1) is 26.3. The summed E-state index contributed by atoms with van der Waals surface area (Å²) in [6, 6.07) is 23.6. The van der Waals surface area contributed by atoms with Crippen molar-refractivity contribution in [1.29, 1.82) is 0 Å². The van der Waals surface area contributed by atoms with Gasteiger partial charge in [-0.3, -0.25) is 24.3 Å². The first kappa shape index (κ1) is 36.1. The fourth-order valence-electron chi connectivity index (χ4n) is 6.28. The number of para-hydroxylation sites is 1. The summed E-state index contributed by atoms with van der Waals surface area (Å²) < 4.78 is 22.1. The molecule has 0 fully saturated rings. The van der Waals surface area contributed by atoms with Crippen molar-refractivity contribution in [2.24, 2.45) is 0 Å². The van der Waals surface area contributed by atoms with Crippen LogP contribution in [-0.2, 0) is 30.7 Å². The molecule has 2 amide bonds. The van der Waals surface area contributed by atoms with E-state index in [4.69, 9.17) is 18.6 Å². The fraction of sp³-hybridized carbons (Fsp3) is 0.195. The Morgan fingerprint density at radius 3 is 2.43 bits per heavy atom. The molecule has 3 heterocycles. The van der Waals surface area contributed by atoms with Crippen molar-refractivity contribution in [3.63, 3.8) is 0 Å². The van der Waals surface area contributed by atoms with Crippen molar-refractivity contribution in [3.05, 3.63) is 145 Å². The lowest BCUT2D eigenvalue weighted by molar-refractivity contribution is 0.0476. The molecule has 0 saturated carbocycles. The number of nitrogens with one attached hydrogen (secondary N) is 2. The third kappa shape index (κ3) is 8.17. The summed E-state index contributed by atoms with van der Waals surface area (Å²) in [5.41, 5.74) is 5.83. The highest BCUT2D eigenvalue weighted by molar-refractivity contribution is 7.09. The standard InChI is InChI=1S/C41H36N4O8S/c1-50-36-18-26-14-16-45(22-28(26)19-37(36)51-2)15-13-25-7-10-29(11-8-25)43-39(47)31-12-9-27(41(49)52-23-30-21-42-24-54-30)17-33(31)44-40(48)38-20-34(46)32-5-3-4-6-35(32)53-38/h3-12,17-21,24H,13-16,22-23H2,1-2H3,(H,43,47)(H,44,48). The lowest BCUT2D eigenvalue weighted by atomic mass is 9.98. The van der Waals surface area contributed by atoms with E-state index < -0.39 is 23.2 Å². The lowest BCUT2D eigenvalue weighted by Crippen LogP contribution is -2.32. The highest BCUT2D eigenvalue weighted by atomic mass is 32.1. The maximum Gasteiger partial charge on any atom is 0.338 e. The van der Waals surface area contributed by atoms with Crippen LogP contribution in [0.2, 0.25) is 0 Å². The van der Waals surface area contributed by atoms with Crippen molar-refractivity contribution in [2.45, 2.75) is 26.0 Å². The molecule has 0 radical (unpaired) electrons. The van der Waals surface area contributed by atoms with E-state index in [-0.39, 0.29) is 34.8 Å². The van der Waals surface area contributed by atoms with Crippen molar-refractivity contribution in [1.82, 2.24) is 9.88 Å². The van der Waals surface area contributed by atoms with Gasteiger partial charge in [0.25, 0.3) is 11.8 Å². The number of carbonyl (C=O) groups is 3. The number of thiazole rings is 1. The zero-order valence-corrected chi connectivity index (χ0v) is 30.4. The van der Waals surface area contributed by atoms with Crippen molar-refractivity contribution in [3.8, 4) is 11.5 Å². The molecule has 0 unspecified atom stereocenters. The minimum absolute atomic E-state index is 0.0164. The predicted octanol–water partition coefficient (Wildman–Crippen LogP) is 6.73. The number of carbonyl (C=O) groups excluding carboxylic acids is 3. The maximum absolute atomic E-state index is 13.7. The van der Waals surface area contributed by atoms with Crippen LogP contribution < -0.4 is 25.5 Å². The topological polar surface area (TPSA) is 149 Å². The summed E-state index contributed by atoms with van der Waals surface area (Å²) in [5, 5.41) is 5.87. The molecule has 13 heteroatoms. The van der Waals surface area contributed by atoms with Crippen LogP contribution in [0, 0.1) is 0 Å². The molecule has 0 atom stereocenters. The SMILES string of the molecule is COc1cc2c(cc1OC)CN(CCc1ccc(NC(=O)c3ccc(C(=O)OCc4cncs4)cc3NC(=O)c3cc(=O)c4ccccc4o3)cc1)CC2. The molecule has 54 heavy (non-hydrogen) atoms. The van der Waals surface area contributed by atoms with Gasteiger partial charge in [0.15, 0.2) is 22.7 Å². The Morgan fingerprint density at radius 2 is 1.67 bits per heavy atom. The normalized spacial score (nSPS) is 12.5. The van der Waals surface area contributed by atoms with Gasteiger partial charge in [0.2, 0.25) is 0 Å². The number of hydrogen-bond donors (Lipinski definition) is 2. The first-order valence-electron chi connectivity index (χ1n) is 17.2. The summed E-state index contributed by atoms with van der Waals surface area (Å²) in [4.78, 5) is 59.9. The van der Waals surface area contributed by atoms with E-state index in [1.807, 2.05) is 24.3 Å². The largest absolute Gasteiger partial charge is 0.493 e. The van der Waals surface area contributed by atoms with Gasteiger partial charge in [-0.1, -0.05) is 24.3 Å². The molecule has 7 rings (SSSR count). The van der Waals surface area contributed by atoms with Gasteiger partial charge in [-0.2, -0.15) is 0 Å². The Balaban J connectivity index is 1.04. The molecule has 1 aliphatic rings. The highest BCUT2D eigenvalue weighted by Crippen LogP contribution is 2.33. The second-order valence-corrected chi connectivity index (χ2v) is 13.6. The van der Waals surface area contributed by atoms with Gasteiger partial charge in [0.1, 0.15) is 12.2 Å². The predicted molar refractivity (Wildman–Crippen MR) is 205 cm³/mol. The molecule has 2 aromatic heterocycles. The number of methoxy groups -OCH3 is 2. The molecule has 1 aliphatic heterocycles. The van der Waals surface area contributed by atoms with E-state index in [1.165, 1.54) is 40.7 Å². The Kier molecular flexibility index (Phi) is 10.8. The summed E-state index contributed by atoms with van der Waals surface area (Å²) in [6.07, 6.45) is 3.35. The number of nitrogens with zero attached hydrogens (tertiary/aromatic N) is 2. The van der Waals surface area contributed by atoms with Gasteiger partial charge in [-0.15, -0.1) is 11.3 Å². The molecule has 0 bridgehead atoms. The molecule has 12 nitrogen and oxygen atoms in total. The number of ether oxygens (including phenoxy) is 3. The second-order valence-electron chi connectivity index (χ2n) is 12.6. The molecule has 274 valence electrons. The van der Waals surface area contributed by atoms with Crippen LogP contribution in [0.15, 0.2) is 106 Å². The molecule has 0 spiro atoms. The number of hydrogen-bond acceptors (Lipinski definition) is 11. The Hall–Kier alpha value is -6.31. The number of fused-ring (bicyclic) bond motifs is 2. The van der Waals surface area contributed by atoms with E-state index in [1.54, 1.807) is 50.2 Å². The second kappa shape index (κ2) is 16.1. The van der Waals surface area contributed by atoms with E-state index >= 15 is 0 Å². The van der Waals surface area contributed by atoms with Crippen LogP contribution >= 0.6 is 11.3 Å². The highest BCUT2D eigenvalue weighted by Gasteiger charge is 2.22. The smallest absolute Gasteiger partial charge is 0.338 e. The number of aromatic nitrogens is 1. The average molecular weight is 745 g/mol. The van der Waals surface area contributed by atoms with Gasteiger partial charge < -0.3 is 29.3 Å². The lowest BCUT2D eigenvalue weighted by Gasteiger charge is -2.29. The molecule has 6 aromatic rings. The van der Waals surface area contributed by atoms with Crippen LogP contribution in [-0.4, -0.2) is 55.0 Å². The van der Waals surface area contributed by atoms with Crippen LogP contribution in [0.25, 0.3) is 11.0 Å². The first-order valence-corrected chi connectivity index (χ1v) is 18.0. The number of amides is 2. The van der Waals surface area contributed by atoms with Crippen molar-refractivity contribution < 1.29 is 33.0 Å². The third-order valence-electron chi connectivity index (χ3n) is 9.16. The van der Waals surface area contributed by atoms with E-state index in [2.05, 4.69) is 32.7 Å². The molecule has 0 saturated heterocycles. The van der Waals surface area contributed by atoms with E-state index in [9.17, 15) is 19.2 Å². The van der Waals surface area contributed by atoms with Crippen molar-refractivity contribution in [2.75, 3.05) is 37.9 Å². The van der Waals surface area contributed by atoms with Crippen LogP contribution in [0.3, 0.4) is 0 Å². The maximum atomic E-state index is 13.7. The summed E-state index contributed by atoms with van der Waals surface area (Å²) in [5.74, 6) is -0.747. The van der Waals surface area contributed by atoms with Gasteiger partial charge >= 0.3 is 5.97 Å². The van der Waals surface area contributed by atoms with E-state index in [0.29, 0.717) is 11.1 Å². The Morgan fingerprint density at radius 1 is 0.889 bits per heavy atom. The zero-order valence-electron chi connectivity index (χ0n) is 29.5. The summed E-state index contributed by atoms with van der Waals surface area (Å²) in [7, 11) is 3.29. The summed E-state index contributed by atoms with van der Waals surface area (Å²) >= 11 is 1.34. The zero-order chi connectivity index (χ0) is 37.6. The molecular formula is C41H36N4O8S. The summed E-state index contributed by atoms with van der Waals surface area (Å²) in [6.45, 7) is 2.63. The molecular weight excluding hydrogens is 709 g/mol. The molecule has 0 aliphatic carbocycles. The van der Waals surface area contributed by atoms with E-state index in [0.717, 1.165) is 60.5 Å². The fourth-order valence-corrected chi connectivity index (χ4v) is 6.78. The monoisotopic (exact) mass is 744 g/mol. The minimum Gasteiger partial charge on any atom is -0.493 e. The van der Waals surface area contributed by atoms with Gasteiger partial charge in [-0.05, 0) is 84.1 Å². The molecule has 2 N–H and O–H groups in total. The Bertz CT molecular complexity index is 2390. The average Bonchev–Trinajstić information content (AvgIpc) is 3.73. The number of rotatable bonds is 12. The number of esters is 1. The number of anilines is 2. The van der Waals surface area contributed by atoms with Gasteiger partial charge in [-0.25, -0.2) is 4.79 Å². The number of benzene rings is 4. The third-order valence-corrected chi connectivity index (χ3v) is 9.91. The molecule has 4 aromatic carbocycles. The Labute approximate surface area is 314 Å². The minimum atomic E-state index is -0.775. The van der Waals surface area contributed by atoms with Crippen LogP contribution in [0.4, 0.5) is 11.4 Å². The van der Waals surface area contributed by atoms with Crippen molar-refractivity contribution >= 4 is 51.5 Å². The van der Waals surface area contributed by atoms with Gasteiger partial charge in [0.05, 0.1) is 46.8 Å².